The molecule has 1 unspecified atom stereocenters. The van der Waals surface area contributed by atoms with Crippen molar-refractivity contribution in [1.29, 1.82) is 0 Å². The zero-order valence-electron chi connectivity index (χ0n) is 10.4. The lowest BCUT2D eigenvalue weighted by molar-refractivity contribution is 0.313. The lowest BCUT2D eigenvalue weighted by atomic mass is 10.3. The van der Waals surface area contributed by atoms with Crippen molar-refractivity contribution in [1.82, 2.24) is 5.32 Å². The monoisotopic (exact) mass is 257 g/mol. The van der Waals surface area contributed by atoms with E-state index < -0.39 is 0 Å². The molecule has 0 aliphatic rings. The van der Waals surface area contributed by atoms with Crippen LogP contribution >= 0.6 is 11.6 Å². The number of methoxy groups -OCH3 is 1. The largest absolute Gasteiger partial charge is 0.497 e. The molecular formula is C13H20ClNO2. The van der Waals surface area contributed by atoms with Gasteiger partial charge in [0.15, 0.2) is 0 Å². The third-order valence-electron chi connectivity index (χ3n) is 2.33. The molecular weight excluding hydrogens is 238 g/mol. The SMILES string of the molecule is COc1ccc(OCCNCCC(C)Cl)cc1. The standard InChI is InChI=1S/C13H20ClNO2/c1-11(14)7-8-15-9-10-17-13-5-3-12(16-2)4-6-13/h3-6,11,15H,7-10H2,1-2H3. The van der Waals surface area contributed by atoms with E-state index >= 15 is 0 Å². The number of nitrogens with one attached hydrogen (secondary N) is 1. The van der Waals surface area contributed by atoms with Gasteiger partial charge >= 0.3 is 0 Å². The van der Waals surface area contributed by atoms with Gasteiger partial charge in [-0.05, 0) is 44.2 Å². The summed E-state index contributed by atoms with van der Waals surface area (Å²) < 4.78 is 10.6. The fraction of sp³-hybridized carbons (Fsp3) is 0.538. The van der Waals surface area contributed by atoms with Gasteiger partial charge in [-0.15, -0.1) is 11.6 Å². The molecule has 17 heavy (non-hydrogen) atoms. The van der Waals surface area contributed by atoms with Crippen LogP contribution in [0.4, 0.5) is 0 Å². The zero-order chi connectivity index (χ0) is 12.5. The average Bonchev–Trinajstić information content (AvgIpc) is 2.34. The summed E-state index contributed by atoms with van der Waals surface area (Å²) in [4.78, 5) is 0. The molecule has 0 radical (unpaired) electrons. The van der Waals surface area contributed by atoms with E-state index in [9.17, 15) is 0 Å². The number of benzene rings is 1. The Kier molecular flexibility index (Phi) is 6.82. The van der Waals surface area contributed by atoms with Crippen LogP contribution in [0.1, 0.15) is 13.3 Å². The smallest absolute Gasteiger partial charge is 0.119 e. The van der Waals surface area contributed by atoms with Crippen molar-refractivity contribution < 1.29 is 9.47 Å². The van der Waals surface area contributed by atoms with Gasteiger partial charge in [-0.2, -0.15) is 0 Å². The van der Waals surface area contributed by atoms with Crippen molar-refractivity contribution in [2.45, 2.75) is 18.7 Å². The molecule has 0 aliphatic carbocycles. The highest BCUT2D eigenvalue weighted by Crippen LogP contribution is 2.16. The second-order valence-corrected chi connectivity index (χ2v) is 4.59. The first-order valence-corrected chi connectivity index (χ1v) is 6.27. The van der Waals surface area contributed by atoms with E-state index in [2.05, 4.69) is 5.32 Å². The minimum absolute atomic E-state index is 0.227. The summed E-state index contributed by atoms with van der Waals surface area (Å²) in [6.07, 6.45) is 0.976. The maximum absolute atomic E-state index is 5.83. The lowest BCUT2D eigenvalue weighted by Gasteiger charge is -2.08. The van der Waals surface area contributed by atoms with Crippen LogP contribution in [-0.4, -0.2) is 32.2 Å². The maximum Gasteiger partial charge on any atom is 0.119 e. The summed E-state index contributed by atoms with van der Waals surface area (Å²) in [5.74, 6) is 1.70. The van der Waals surface area contributed by atoms with Crippen LogP contribution in [0.3, 0.4) is 0 Å². The van der Waals surface area contributed by atoms with Crippen molar-refractivity contribution in [3.63, 3.8) is 0 Å². The fourth-order valence-electron chi connectivity index (χ4n) is 1.34. The molecule has 1 atom stereocenters. The van der Waals surface area contributed by atoms with E-state index in [4.69, 9.17) is 21.1 Å². The third kappa shape index (κ3) is 6.39. The van der Waals surface area contributed by atoms with Crippen LogP contribution in [0.15, 0.2) is 24.3 Å². The fourth-order valence-corrected chi connectivity index (χ4v) is 1.45. The summed E-state index contributed by atoms with van der Waals surface area (Å²) in [6, 6.07) is 7.58. The van der Waals surface area contributed by atoms with E-state index in [0.717, 1.165) is 31.0 Å². The quantitative estimate of drug-likeness (QED) is 0.574. The summed E-state index contributed by atoms with van der Waals surface area (Å²) in [6.45, 7) is 4.41. The molecule has 1 aromatic rings. The van der Waals surface area contributed by atoms with Gasteiger partial charge in [0, 0.05) is 11.9 Å². The van der Waals surface area contributed by atoms with Gasteiger partial charge in [0.25, 0.3) is 0 Å². The first-order valence-electron chi connectivity index (χ1n) is 5.84. The van der Waals surface area contributed by atoms with Gasteiger partial charge in [0.05, 0.1) is 7.11 Å². The molecule has 0 fully saturated rings. The number of hydrogen-bond acceptors (Lipinski definition) is 3. The molecule has 0 spiro atoms. The molecule has 1 aromatic carbocycles. The molecule has 3 nitrogen and oxygen atoms in total. The molecule has 1 N–H and O–H groups in total. The van der Waals surface area contributed by atoms with Gasteiger partial charge in [0.1, 0.15) is 18.1 Å². The number of hydrogen-bond donors (Lipinski definition) is 1. The zero-order valence-corrected chi connectivity index (χ0v) is 11.2. The van der Waals surface area contributed by atoms with Crippen LogP contribution in [-0.2, 0) is 0 Å². The highest BCUT2D eigenvalue weighted by atomic mass is 35.5. The molecule has 0 heterocycles. The van der Waals surface area contributed by atoms with Crippen molar-refractivity contribution in [3.8, 4) is 11.5 Å². The highest BCUT2D eigenvalue weighted by molar-refractivity contribution is 6.20. The number of rotatable bonds is 8. The van der Waals surface area contributed by atoms with Crippen LogP contribution in [0, 0.1) is 0 Å². The van der Waals surface area contributed by atoms with Gasteiger partial charge in [-0.25, -0.2) is 0 Å². The minimum Gasteiger partial charge on any atom is -0.497 e. The molecule has 0 saturated heterocycles. The number of ether oxygens (including phenoxy) is 2. The van der Waals surface area contributed by atoms with Crippen LogP contribution in [0.25, 0.3) is 0 Å². The first kappa shape index (κ1) is 14.1. The summed E-state index contributed by atoms with van der Waals surface area (Å²) in [5.41, 5.74) is 0. The predicted octanol–water partition coefficient (Wildman–Crippen LogP) is 2.68. The Hall–Kier alpha value is -0.930. The Morgan fingerprint density at radius 3 is 2.41 bits per heavy atom. The van der Waals surface area contributed by atoms with Crippen molar-refractivity contribution in [2.24, 2.45) is 0 Å². The Morgan fingerprint density at radius 1 is 1.18 bits per heavy atom. The summed E-state index contributed by atoms with van der Waals surface area (Å²) in [5, 5.41) is 3.50. The molecule has 0 bridgehead atoms. The molecule has 0 amide bonds. The first-order chi connectivity index (χ1) is 8.22. The average molecular weight is 258 g/mol. The number of halogens is 1. The van der Waals surface area contributed by atoms with Crippen molar-refractivity contribution in [2.75, 3.05) is 26.8 Å². The van der Waals surface area contributed by atoms with E-state index in [1.165, 1.54) is 0 Å². The molecule has 0 aromatic heterocycles. The maximum atomic E-state index is 5.83. The Balaban J connectivity index is 2.09. The lowest BCUT2D eigenvalue weighted by Crippen LogP contribution is -2.23. The van der Waals surface area contributed by atoms with Crippen molar-refractivity contribution in [3.05, 3.63) is 24.3 Å². The van der Waals surface area contributed by atoms with Gasteiger partial charge in [-0.1, -0.05) is 0 Å². The molecule has 4 heteroatoms. The van der Waals surface area contributed by atoms with E-state index in [1.54, 1.807) is 7.11 Å². The van der Waals surface area contributed by atoms with Crippen LogP contribution in [0.2, 0.25) is 0 Å². The number of alkyl halides is 1. The molecule has 0 saturated carbocycles. The Morgan fingerprint density at radius 2 is 1.82 bits per heavy atom. The van der Waals surface area contributed by atoms with Gasteiger partial charge in [0.2, 0.25) is 0 Å². The van der Waals surface area contributed by atoms with Crippen LogP contribution in [0.5, 0.6) is 11.5 Å². The summed E-state index contributed by atoms with van der Waals surface area (Å²) in [7, 11) is 1.65. The molecule has 0 aliphatic heterocycles. The Labute approximate surface area is 108 Å². The van der Waals surface area contributed by atoms with Crippen LogP contribution < -0.4 is 14.8 Å². The molecule has 96 valence electrons. The van der Waals surface area contributed by atoms with E-state index in [-0.39, 0.29) is 5.38 Å². The van der Waals surface area contributed by atoms with Gasteiger partial charge in [-0.3, -0.25) is 0 Å². The Bertz CT molecular complexity index is 301. The third-order valence-corrected chi connectivity index (χ3v) is 2.54. The van der Waals surface area contributed by atoms with E-state index in [1.807, 2.05) is 31.2 Å². The minimum atomic E-state index is 0.227. The highest BCUT2D eigenvalue weighted by Gasteiger charge is 1.96. The van der Waals surface area contributed by atoms with E-state index in [0.29, 0.717) is 6.61 Å². The topological polar surface area (TPSA) is 30.5 Å². The summed E-state index contributed by atoms with van der Waals surface area (Å²) >= 11 is 5.83. The molecule has 1 rings (SSSR count). The van der Waals surface area contributed by atoms with Gasteiger partial charge < -0.3 is 14.8 Å². The normalized spacial score (nSPS) is 12.2. The predicted molar refractivity (Wildman–Crippen MR) is 71.3 cm³/mol. The second-order valence-electron chi connectivity index (χ2n) is 3.84. The van der Waals surface area contributed by atoms with Crippen molar-refractivity contribution >= 4 is 11.6 Å². The second kappa shape index (κ2) is 8.20.